The summed E-state index contributed by atoms with van der Waals surface area (Å²) in [5.41, 5.74) is 9.74. The number of rotatable bonds is 2. The van der Waals surface area contributed by atoms with Crippen LogP contribution in [-0.4, -0.2) is 10.6 Å². The first kappa shape index (κ1) is 10.2. The molecule has 1 unspecified atom stereocenters. The van der Waals surface area contributed by atoms with E-state index in [9.17, 15) is 0 Å². The molecule has 0 aliphatic carbocycles. The Balaban J connectivity index is 2.54. The van der Waals surface area contributed by atoms with Crippen LogP contribution in [0.4, 0.5) is 0 Å². The van der Waals surface area contributed by atoms with Gasteiger partial charge < -0.3 is 10.3 Å². The summed E-state index contributed by atoms with van der Waals surface area (Å²) in [6, 6.07) is 9.01. The highest BCUT2D eigenvalue weighted by Crippen LogP contribution is 2.20. The molecule has 2 nitrogen and oxygen atoms in total. The van der Waals surface area contributed by atoms with Crippen LogP contribution in [0.15, 0.2) is 24.3 Å². The zero-order valence-electron chi connectivity index (χ0n) is 9.62. The molecule has 1 heterocycles. The fourth-order valence-corrected chi connectivity index (χ4v) is 2.05. The SMILES string of the molecule is Cc1ccc2c(c1)cc(CC(C)N)n2C. The molecule has 2 aromatic rings. The lowest BCUT2D eigenvalue weighted by Crippen LogP contribution is -2.19. The van der Waals surface area contributed by atoms with E-state index in [0.29, 0.717) is 0 Å². The highest BCUT2D eigenvalue weighted by molar-refractivity contribution is 5.82. The predicted octanol–water partition coefficient (Wildman–Crippen LogP) is 2.38. The Morgan fingerprint density at radius 3 is 2.73 bits per heavy atom. The quantitative estimate of drug-likeness (QED) is 0.796. The van der Waals surface area contributed by atoms with E-state index in [1.54, 1.807) is 0 Å². The maximum absolute atomic E-state index is 5.83. The van der Waals surface area contributed by atoms with Crippen LogP contribution < -0.4 is 5.73 Å². The summed E-state index contributed by atoms with van der Waals surface area (Å²) >= 11 is 0. The molecule has 0 radical (unpaired) electrons. The van der Waals surface area contributed by atoms with E-state index in [4.69, 9.17) is 5.73 Å². The molecule has 0 amide bonds. The molecular weight excluding hydrogens is 184 g/mol. The summed E-state index contributed by atoms with van der Waals surface area (Å²) in [7, 11) is 2.11. The largest absolute Gasteiger partial charge is 0.348 e. The maximum atomic E-state index is 5.83. The minimum Gasteiger partial charge on any atom is -0.348 e. The fraction of sp³-hybridized carbons (Fsp3) is 0.385. The zero-order valence-corrected chi connectivity index (χ0v) is 9.62. The summed E-state index contributed by atoms with van der Waals surface area (Å²) in [6.07, 6.45) is 0.935. The van der Waals surface area contributed by atoms with E-state index in [1.807, 2.05) is 6.92 Å². The van der Waals surface area contributed by atoms with Crippen molar-refractivity contribution in [3.05, 3.63) is 35.5 Å². The summed E-state index contributed by atoms with van der Waals surface area (Å²) in [4.78, 5) is 0. The van der Waals surface area contributed by atoms with Crippen LogP contribution in [-0.2, 0) is 13.5 Å². The number of aryl methyl sites for hydroxylation is 2. The summed E-state index contributed by atoms with van der Waals surface area (Å²) in [5, 5.41) is 1.31. The Morgan fingerprint density at radius 1 is 1.33 bits per heavy atom. The molecule has 2 heteroatoms. The lowest BCUT2D eigenvalue weighted by molar-refractivity contribution is 0.696. The average Bonchev–Trinajstić information content (AvgIpc) is 2.42. The topological polar surface area (TPSA) is 30.9 Å². The van der Waals surface area contributed by atoms with Gasteiger partial charge in [-0.05, 0) is 32.0 Å². The molecule has 0 bridgehead atoms. The minimum atomic E-state index is 0.217. The maximum Gasteiger partial charge on any atom is 0.0480 e. The fourth-order valence-electron chi connectivity index (χ4n) is 2.05. The number of aromatic nitrogens is 1. The molecule has 2 rings (SSSR count). The second kappa shape index (κ2) is 3.70. The van der Waals surface area contributed by atoms with Crippen molar-refractivity contribution in [2.75, 3.05) is 0 Å². The molecule has 80 valence electrons. The predicted molar refractivity (Wildman–Crippen MR) is 65.0 cm³/mol. The number of hydrogen-bond acceptors (Lipinski definition) is 1. The molecule has 0 aliphatic heterocycles. The van der Waals surface area contributed by atoms with Crippen molar-refractivity contribution >= 4 is 10.9 Å². The van der Waals surface area contributed by atoms with Gasteiger partial charge in [-0.3, -0.25) is 0 Å². The van der Waals surface area contributed by atoms with Crippen molar-refractivity contribution < 1.29 is 0 Å². The number of hydrogen-bond donors (Lipinski definition) is 1. The van der Waals surface area contributed by atoms with Crippen LogP contribution in [0.25, 0.3) is 10.9 Å². The Bertz CT molecular complexity index is 480. The Hall–Kier alpha value is -1.28. The van der Waals surface area contributed by atoms with Gasteiger partial charge in [0.15, 0.2) is 0 Å². The molecular formula is C13H18N2. The van der Waals surface area contributed by atoms with Crippen molar-refractivity contribution in [1.82, 2.24) is 4.57 Å². The van der Waals surface area contributed by atoms with Gasteiger partial charge in [0.2, 0.25) is 0 Å². The van der Waals surface area contributed by atoms with Gasteiger partial charge in [-0.2, -0.15) is 0 Å². The molecule has 0 spiro atoms. The molecule has 0 saturated carbocycles. The van der Waals surface area contributed by atoms with Gasteiger partial charge in [0.25, 0.3) is 0 Å². The summed E-state index contributed by atoms with van der Waals surface area (Å²) in [5.74, 6) is 0. The van der Waals surface area contributed by atoms with Gasteiger partial charge in [-0.15, -0.1) is 0 Å². The molecule has 15 heavy (non-hydrogen) atoms. The highest BCUT2D eigenvalue weighted by Gasteiger charge is 2.07. The van der Waals surface area contributed by atoms with Crippen LogP contribution >= 0.6 is 0 Å². The van der Waals surface area contributed by atoms with Crippen molar-refractivity contribution in [2.45, 2.75) is 26.3 Å². The smallest absolute Gasteiger partial charge is 0.0480 e. The van der Waals surface area contributed by atoms with Crippen molar-refractivity contribution in [2.24, 2.45) is 12.8 Å². The third-order valence-corrected chi connectivity index (χ3v) is 2.83. The second-order valence-electron chi connectivity index (χ2n) is 4.44. The van der Waals surface area contributed by atoms with Crippen molar-refractivity contribution in [3.63, 3.8) is 0 Å². The minimum absolute atomic E-state index is 0.217. The third kappa shape index (κ3) is 1.90. The van der Waals surface area contributed by atoms with E-state index in [0.717, 1.165) is 6.42 Å². The second-order valence-corrected chi connectivity index (χ2v) is 4.44. The molecule has 0 saturated heterocycles. The monoisotopic (exact) mass is 202 g/mol. The Kier molecular flexibility index (Phi) is 2.53. The van der Waals surface area contributed by atoms with Crippen molar-refractivity contribution in [1.29, 1.82) is 0 Å². The van der Waals surface area contributed by atoms with E-state index >= 15 is 0 Å². The van der Waals surface area contributed by atoms with Crippen LogP contribution in [0.1, 0.15) is 18.2 Å². The zero-order chi connectivity index (χ0) is 11.0. The van der Waals surface area contributed by atoms with Crippen LogP contribution in [0.2, 0.25) is 0 Å². The molecule has 1 atom stereocenters. The van der Waals surface area contributed by atoms with Gasteiger partial charge in [-0.1, -0.05) is 11.6 Å². The third-order valence-electron chi connectivity index (χ3n) is 2.83. The van der Waals surface area contributed by atoms with Gasteiger partial charge in [-0.25, -0.2) is 0 Å². The lowest BCUT2D eigenvalue weighted by Gasteiger charge is -2.06. The van der Waals surface area contributed by atoms with E-state index in [-0.39, 0.29) is 6.04 Å². The number of nitrogens with zero attached hydrogens (tertiary/aromatic N) is 1. The first-order valence-corrected chi connectivity index (χ1v) is 5.38. The Labute approximate surface area is 90.7 Å². The van der Waals surface area contributed by atoms with Gasteiger partial charge in [0, 0.05) is 36.1 Å². The molecule has 1 aromatic carbocycles. The summed E-state index contributed by atoms with van der Waals surface area (Å²) < 4.78 is 2.23. The standard InChI is InChI=1S/C13H18N2/c1-9-4-5-13-11(6-9)8-12(15(13)3)7-10(2)14/h4-6,8,10H,7,14H2,1-3H3. The van der Waals surface area contributed by atoms with Crippen molar-refractivity contribution in [3.8, 4) is 0 Å². The number of nitrogens with two attached hydrogens (primary N) is 1. The van der Waals surface area contributed by atoms with E-state index in [1.165, 1.54) is 22.2 Å². The van der Waals surface area contributed by atoms with Gasteiger partial charge in [0.1, 0.15) is 0 Å². The molecule has 1 aromatic heterocycles. The normalized spacial score (nSPS) is 13.3. The highest BCUT2D eigenvalue weighted by atomic mass is 14.9. The summed E-state index contributed by atoms with van der Waals surface area (Å²) in [6.45, 7) is 4.17. The molecule has 2 N–H and O–H groups in total. The van der Waals surface area contributed by atoms with Gasteiger partial charge in [0.05, 0.1) is 0 Å². The first-order valence-electron chi connectivity index (χ1n) is 5.38. The van der Waals surface area contributed by atoms with Crippen LogP contribution in [0.3, 0.4) is 0 Å². The molecule has 0 fully saturated rings. The number of fused-ring (bicyclic) bond motifs is 1. The van der Waals surface area contributed by atoms with Crippen LogP contribution in [0.5, 0.6) is 0 Å². The van der Waals surface area contributed by atoms with E-state index in [2.05, 4.69) is 42.8 Å². The van der Waals surface area contributed by atoms with E-state index < -0.39 is 0 Å². The Morgan fingerprint density at radius 2 is 2.07 bits per heavy atom. The molecule has 0 aliphatic rings. The van der Waals surface area contributed by atoms with Gasteiger partial charge >= 0.3 is 0 Å². The van der Waals surface area contributed by atoms with Crippen LogP contribution in [0, 0.1) is 6.92 Å². The average molecular weight is 202 g/mol. The number of benzene rings is 1. The lowest BCUT2D eigenvalue weighted by atomic mass is 10.1. The first-order chi connectivity index (χ1) is 7.08.